The summed E-state index contributed by atoms with van der Waals surface area (Å²) in [6, 6.07) is 28.3. The second kappa shape index (κ2) is 6.75. The predicted molar refractivity (Wildman–Crippen MR) is 120 cm³/mol. The van der Waals surface area contributed by atoms with Gasteiger partial charge in [-0.15, -0.1) is 0 Å². The molecule has 0 radical (unpaired) electrons. The molecule has 0 aliphatic heterocycles. The first-order valence-electron chi connectivity index (χ1n) is 9.73. The highest BCUT2D eigenvalue weighted by molar-refractivity contribution is 6.08. The molecule has 0 aromatic heterocycles. The van der Waals surface area contributed by atoms with Crippen molar-refractivity contribution in [2.45, 2.75) is 13.8 Å². The van der Waals surface area contributed by atoms with Crippen LogP contribution in [0.4, 0.5) is 0 Å². The van der Waals surface area contributed by atoms with Crippen LogP contribution in [-0.2, 0) is 0 Å². The van der Waals surface area contributed by atoms with Crippen LogP contribution in [0.1, 0.15) is 21.5 Å². The summed E-state index contributed by atoms with van der Waals surface area (Å²) >= 11 is 0. The molecule has 0 amide bonds. The van der Waals surface area contributed by atoms with Crippen LogP contribution in [-0.4, -0.2) is 5.97 Å². The van der Waals surface area contributed by atoms with Gasteiger partial charge in [0, 0.05) is 10.8 Å². The van der Waals surface area contributed by atoms with Gasteiger partial charge < -0.3 is 4.74 Å². The Morgan fingerprint density at radius 3 is 2.21 bits per heavy atom. The van der Waals surface area contributed by atoms with Gasteiger partial charge in [-0.1, -0.05) is 71.8 Å². The predicted octanol–water partition coefficient (Wildman–Crippen LogP) is 6.98. The van der Waals surface area contributed by atoms with Crippen molar-refractivity contribution in [1.29, 1.82) is 0 Å². The van der Waals surface area contributed by atoms with Crippen molar-refractivity contribution >= 4 is 38.3 Å². The van der Waals surface area contributed by atoms with Crippen molar-refractivity contribution in [2.24, 2.45) is 0 Å². The maximum absolute atomic E-state index is 13.1. The van der Waals surface area contributed by atoms with Crippen LogP contribution in [0.3, 0.4) is 0 Å². The molecule has 0 heterocycles. The third kappa shape index (κ3) is 3.13. The lowest BCUT2D eigenvalue weighted by Gasteiger charge is -2.13. The van der Waals surface area contributed by atoms with Gasteiger partial charge in [0.2, 0.25) is 0 Å². The molecule has 0 saturated carbocycles. The molecule has 5 aromatic carbocycles. The molecule has 29 heavy (non-hydrogen) atoms. The Bertz CT molecular complexity index is 1410. The van der Waals surface area contributed by atoms with E-state index in [9.17, 15) is 4.79 Å². The largest absolute Gasteiger partial charge is 0.422 e. The van der Waals surface area contributed by atoms with E-state index < -0.39 is 0 Å². The molecule has 0 spiro atoms. The molecule has 0 aliphatic rings. The number of fused-ring (bicyclic) bond motifs is 3. The number of benzene rings is 5. The second-order valence-electron chi connectivity index (χ2n) is 7.61. The molecule has 5 aromatic rings. The standard InChI is InChI=1S/C27H20O2/c1-17-8-12-24-23(13-17)16-21-9-7-18(2)14-25(21)26(24)29-27(28)22-11-10-19-5-3-4-6-20(19)15-22/h3-16H,1-2H3. The topological polar surface area (TPSA) is 26.3 Å². The van der Waals surface area contributed by atoms with Crippen LogP contribution in [0.5, 0.6) is 5.75 Å². The van der Waals surface area contributed by atoms with E-state index in [0.717, 1.165) is 37.9 Å². The number of hydrogen-bond donors (Lipinski definition) is 0. The molecule has 0 unspecified atom stereocenters. The SMILES string of the molecule is Cc1ccc2c(OC(=O)c3ccc4ccccc4c3)c3cc(C)ccc3cc2c1. The van der Waals surface area contributed by atoms with Crippen LogP contribution in [0.15, 0.2) is 84.9 Å². The van der Waals surface area contributed by atoms with Crippen molar-refractivity contribution in [3.8, 4) is 5.75 Å². The van der Waals surface area contributed by atoms with E-state index in [-0.39, 0.29) is 5.97 Å². The zero-order valence-electron chi connectivity index (χ0n) is 16.4. The number of carbonyl (C=O) groups excluding carboxylic acids is 1. The lowest BCUT2D eigenvalue weighted by atomic mass is 9.99. The van der Waals surface area contributed by atoms with Gasteiger partial charge in [-0.3, -0.25) is 0 Å². The van der Waals surface area contributed by atoms with E-state index in [0.29, 0.717) is 11.3 Å². The number of aryl methyl sites for hydroxylation is 2. The smallest absolute Gasteiger partial charge is 0.343 e. The number of hydrogen-bond acceptors (Lipinski definition) is 2. The minimum Gasteiger partial charge on any atom is -0.422 e. The fraction of sp³-hybridized carbons (Fsp3) is 0.0741. The Hall–Kier alpha value is -3.65. The highest BCUT2D eigenvalue weighted by Gasteiger charge is 2.15. The van der Waals surface area contributed by atoms with E-state index in [1.807, 2.05) is 55.5 Å². The first-order valence-corrected chi connectivity index (χ1v) is 9.73. The van der Waals surface area contributed by atoms with Gasteiger partial charge in [-0.25, -0.2) is 4.79 Å². The first kappa shape index (κ1) is 17.4. The molecule has 0 saturated heterocycles. The molecule has 0 bridgehead atoms. The number of ether oxygens (including phenoxy) is 1. The molecular weight excluding hydrogens is 356 g/mol. The van der Waals surface area contributed by atoms with Crippen LogP contribution in [0.25, 0.3) is 32.3 Å². The van der Waals surface area contributed by atoms with E-state index in [2.05, 4.69) is 43.3 Å². The molecule has 140 valence electrons. The third-order valence-corrected chi connectivity index (χ3v) is 5.40. The summed E-state index contributed by atoms with van der Waals surface area (Å²) in [6.07, 6.45) is 0. The average Bonchev–Trinajstić information content (AvgIpc) is 2.73. The summed E-state index contributed by atoms with van der Waals surface area (Å²) in [7, 11) is 0. The Morgan fingerprint density at radius 2 is 1.34 bits per heavy atom. The van der Waals surface area contributed by atoms with Crippen LogP contribution < -0.4 is 4.74 Å². The van der Waals surface area contributed by atoms with E-state index in [1.54, 1.807) is 0 Å². The molecule has 0 N–H and O–H groups in total. The lowest BCUT2D eigenvalue weighted by Crippen LogP contribution is -2.09. The normalized spacial score (nSPS) is 11.2. The molecule has 2 nitrogen and oxygen atoms in total. The average molecular weight is 376 g/mol. The molecule has 5 rings (SSSR count). The Balaban J connectivity index is 1.67. The highest BCUT2D eigenvalue weighted by Crippen LogP contribution is 2.36. The maximum Gasteiger partial charge on any atom is 0.343 e. The minimum atomic E-state index is -0.341. The van der Waals surface area contributed by atoms with Gasteiger partial charge in [0.05, 0.1) is 5.56 Å². The molecule has 0 atom stereocenters. The summed E-state index contributed by atoms with van der Waals surface area (Å²) in [5, 5.41) is 6.16. The fourth-order valence-corrected chi connectivity index (χ4v) is 3.89. The van der Waals surface area contributed by atoms with E-state index >= 15 is 0 Å². The van der Waals surface area contributed by atoms with Gasteiger partial charge in [-0.2, -0.15) is 0 Å². The zero-order valence-corrected chi connectivity index (χ0v) is 16.4. The summed E-state index contributed by atoms with van der Waals surface area (Å²) in [5.74, 6) is 0.283. The number of carbonyl (C=O) groups is 1. The Labute approximate surface area is 169 Å². The van der Waals surface area contributed by atoms with Gasteiger partial charge in [0.25, 0.3) is 0 Å². The monoisotopic (exact) mass is 376 g/mol. The van der Waals surface area contributed by atoms with E-state index in [1.165, 1.54) is 5.56 Å². The maximum atomic E-state index is 13.1. The summed E-state index contributed by atoms with van der Waals surface area (Å²) < 4.78 is 6.03. The number of esters is 1. The minimum absolute atomic E-state index is 0.341. The summed E-state index contributed by atoms with van der Waals surface area (Å²) in [4.78, 5) is 13.1. The Morgan fingerprint density at radius 1 is 0.621 bits per heavy atom. The van der Waals surface area contributed by atoms with Crippen molar-refractivity contribution in [2.75, 3.05) is 0 Å². The van der Waals surface area contributed by atoms with Gasteiger partial charge >= 0.3 is 5.97 Å². The van der Waals surface area contributed by atoms with Crippen molar-refractivity contribution in [1.82, 2.24) is 0 Å². The van der Waals surface area contributed by atoms with Crippen LogP contribution in [0.2, 0.25) is 0 Å². The third-order valence-electron chi connectivity index (χ3n) is 5.40. The summed E-state index contributed by atoms with van der Waals surface area (Å²) in [6.45, 7) is 4.12. The summed E-state index contributed by atoms with van der Waals surface area (Å²) in [5.41, 5.74) is 2.86. The highest BCUT2D eigenvalue weighted by atomic mass is 16.5. The van der Waals surface area contributed by atoms with Crippen LogP contribution >= 0.6 is 0 Å². The molecule has 0 fully saturated rings. The van der Waals surface area contributed by atoms with Crippen molar-refractivity contribution in [3.63, 3.8) is 0 Å². The molecule has 2 heteroatoms. The quantitative estimate of drug-likeness (QED) is 0.189. The second-order valence-corrected chi connectivity index (χ2v) is 7.61. The fourth-order valence-electron chi connectivity index (χ4n) is 3.89. The van der Waals surface area contributed by atoms with Crippen molar-refractivity contribution < 1.29 is 9.53 Å². The zero-order chi connectivity index (χ0) is 20.0. The van der Waals surface area contributed by atoms with Crippen molar-refractivity contribution in [3.05, 3.63) is 102 Å². The lowest BCUT2D eigenvalue weighted by molar-refractivity contribution is 0.0739. The van der Waals surface area contributed by atoms with Gasteiger partial charge in [-0.05, 0) is 59.7 Å². The van der Waals surface area contributed by atoms with Crippen LogP contribution in [0, 0.1) is 13.8 Å². The van der Waals surface area contributed by atoms with Gasteiger partial charge in [0.15, 0.2) is 0 Å². The Kier molecular flexibility index (Phi) is 4.06. The number of rotatable bonds is 2. The molecule has 0 aliphatic carbocycles. The first-order chi connectivity index (χ1) is 14.1. The van der Waals surface area contributed by atoms with E-state index in [4.69, 9.17) is 4.74 Å². The van der Waals surface area contributed by atoms with Gasteiger partial charge in [0.1, 0.15) is 5.75 Å². The molecular formula is C27H20O2.